The van der Waals surface area contributed by atoms with Crippen LogP contribution in [0, 0.1) is 0 Å². The van der Waals surface area contributed by atoms with Gasteiger partial charge in [0.1, 0.15) is 0 Å². The van der Waals surface area contributed by atoms with Gasteiger partial charge in [0.2, 0.25) is 0 Å². The van der Waals surface area contributed by atoms with E-state index < -0.39 is 0 Å². The van der Waals surface area contributed by atoms with Crippen LogP contribution in [0.5, 0.6) is 0 Å². The number of ether oxygens (including phenoxy) is 1. The van der Waals surface area contributed by atoms with E-state index in [1.165, 1.54) is 13.1 Å². The Bertz CT molecular complexity index is 96.7. The zero-order valence-electron chi connectivity index (χ0n) is 7.58. The number of methoxy groups -OCH3 is 1. The first-order valence-electron chi connectivity index (χ1n) is 3.75. The molecule has 1 saturated heterocycles. The lowest BCUT2D eigenvalue weighted by atomic mass is 10.1. The van der Waals surface area contributed by atoms with Gasteiger partial charge in [-0.3, -0.25) is 4.90 Å². The predicted molar refractivity (Wildman–Crippen MR) is 55.7 cm³/mol. The Balaban J connectivity index is 0. The number of hydrogen-bond donors (Lipinski definition) is 1. The second-order valence-corrected chi connectivity index (χ2v) is 2.74. The summed E-state index contributed by atoms with van der Waals surface area (Å²) >= 11 is 0. The second-order valence-electron chi connectivity index (χ2n) is 2.74. The molecule has 1 aliphatic heterocycles. The minimum atomic E-state index is 0. The van der Waals surface area contributed by atoms with Crippen molar-refractivity contribution < 1.29 is 4.74 Å². The van der Waals surface area contributed by atoms with E-state index in [9.17, 15) is 0 Å². The fourth-order valence-corrected chi connectivity index (χ4v) is 1.16. The molecule has 5 heteroatoms. The van der Waals surface area contributed by atoms with Crippen molar-refractivity contribution in [3.8, 4) is 0 Å². The van der Waals surface area contributed by atoms with E-state index in [4.69, 9.17) is 4.74 Å². The molecule has 1 fully saturated rings. The highest BCUT2D eigenvalue weighted by Gasteiger charge is 2.23. The monoisotopic (exact) mass is 216 g/mol. The topological polar surface area (TPSA) is 24.5 Å². The summed E-state index contributed by atoms with van der Waals surface area (Å²) in [6, 6.07) is 0.719. The first-order valence-corrected chi connectivity index (χ1v) is 3.75. The smallest absolute Gasteiger partial charge is 0.0589 e. The molecule has 3 nitrogen and oxygen atoms in total. The van der Waals surface area contributed by atoms with Crippen molar-refractivity contribution in [2.24, 2.45) is 0 Å². The standard InChI is InChI=1S/C7H16N2O.2ClH/c1-8-7-5-9(6-7)3-4-10-2;;/h7-8H,3-6H2,1-2H3;2*1H. The van der Waals surface area contributed by atoms with Gasteiger partial charge in [-0.15, -0.1) is 24.8 Å². The molecule has 0 bridgehead atoms. The lowest BCUT2D eigenvalue weighted by Crippen LogP contribution is -2.57. The maximum absolute atomic E-state index is 4.96. The van der Waals surface area contributed by atoms with E-state index in [1.54, 1.807) is 7.11 Å². The van der Waals surface area contributed by atoms with E-state index in [2.05, 4.69) is 10.2 Å². The van der Waals surface area contributed by atoms with E-state index in [0.29, 0.717) is 0 Å². The first kappa shape index (κ1) is 15.0. The molecule has 0 saturated carbocycles. The van der Waals surface area contributed by atoms with Crippen molar-refractivity contribution >= 4 is 24.8 Å². The Kier molecular flexibility index (Phi) is 10.1. The molecule has 1 rings (SSSR count). The van der Waals surface area contributed by atoms with Crippen LogP contribution in [0.3, 0.4) is 0 Å². The normalized spacial score (nSPS) is 17.5. The van der Waals surface area contributed by atoms with E-state index in [0.717, 1.165) is 19.2 Å². The maximum atomic E-state index is 4.96. The van der Waals surface area contributed by atoms with E-state index in [1.807, 2.05) is 7.05 Å². The van der Waals surface area contributed by atoms with Gasteiger partial charge in [-0.1, -0.05) is 0 Å². The first-order chi connectivity index (χ1) is 4.86. The highest BCUT2D eigenvalue weighted by molar-refractivity contribution is 5.85. The van der Waals surface area contributed by atoms with Crippen LogP contribution in [0.2, 0.25) is 0 Å². The number of likely N-dealkylation sites (tertiary alicyclic amines) is 1. The van der Waals surface area contributed by atoms with Gasteiger partial charge in [-0.05, 0) is 7.05 Å². The number of likely N-dealkylation sites (N-methyl/N-ethyl adjacent to an activating group) is 1. The third-order valence-corrected chi connectivity index (χ3v) is 1.98. The lowest BCUT2D eigenvalue weighted by molar-refractivity contribution is 0.0858. The molecule has 0 radical (unpaired) electrons. The van der Waals surface area contributed by atoms with Gasteiger partial charge in [0, 0.05) is 32.8 Å². The summed E-state index contributed by atoms with van der Waals surface area (Å²) in [5.74, 6) is 0. The molecular formula is C7H18Cl2N2O. The summed E-state index contributed by atoms with van der Waals surface area (Å²) in [6.07, 6.45) is 0. The minimum Gasteiger partial charge on any atom is -0.383 e. The molecule has 0 unspecified atom stereocenters. The van der Waals surface area contributed by atoms with Gasteiger partial charge < -0.3 is 10.1 Å². The van der Waals surface area contributed by atoms with Crippen molar-refractivity contribution in [1.82, 2.24) is 10.2 Å². The average molecular weight is 217 g/mol. The maximum Gasteiger partial charge on any atom is 0.0589 e. The Morgan fingerprint density at radius 1 is 1.42 bits per heavy atom. The van der Waals surface area contributed by atoms with Crippen LogP contribution in [-0.2, 0) is 4.74 Å². The fraction of sp³-hybridized carbons (Fsp3) is 1.00. The van der Waals surface area contributed by atoms with Gasteiger partial charge in [-0.2, -0.15) is 0 Å². The van der Waals surface area contributed by atoms with E-state index >= 15 is 0 Å². The summed E-state index contributed by atoms with van der Waals surface area (Å²) in [4.78, 5) is 2.38. The summed E-state index contributed by atoms with van der Waals surface area (Å²) in [5, 5.41) is 3.23. The Labute approximate surface area is 86.7 Å². The minimum absolute atomic E-state index is 0. The molecular weight excluding hydrogens is 199 g/mol. The SMILES string of the molecule is CNC1CN(CCOC)C1.Cl.Cl. The molecule has 1 N–H and O–H groups in total. The molecule has 1 aliphatic rings. The summed E-state index contributed by atoms with van der Waals surface area (Å²) in [5.41, 5.74) is 0. The number of halogens is 2. The summed E-state index contributed by atoms with van der Waals surface area (Å²) < 4.78 is 4.96. The van der Waals surface area contributed by atoms with Gasteiger partial charge in [0.25, 0.3) is 0 Å². The Morgan fingerprint density at radius 2 is 2.00 bits per heavy atom. The van der Waals surface area contributed by atoms with Crippen molar-refractivity contribution in [3.05, 3.63) is 0 Å². The van der Waals surface area contributed by atoms with Gasteiger partial charge in [0.15, 0.2) is 0 Å². The highest BCUT2D eigenvalue weighted by Crippen LogP contribution is 2.05. The van der Waals surface area contributed by atoms with Gasteiger partial charge >= 0.3 is 0 Å². The quantitative estimate of drug-likeness (QED) is 0.736. The van der Waals surface area contributed by atoms with Crippen LogP contribution in [0.15, 0.2) is 0 Å². The third kappa shape index (κ3) is 4.48. The Hall–Kier alpha value is 0.460. The van der Waals surface area contributed by atoms with Crippen LogP contribution in [-0.4, -0.2) is 51.3 Å². The third-order valence-electron chi connectivity index (χ3n) is 1.98. The van der Waals surface area contributed by atoms with Gasteiger partial charge in [0.05, 0.1) is 6.61 Å². The van der Waals surface area contributed by atoms with E-state index in [-0.39, 0.29) is 24.8 Å². The highest BCUT2D eigenvalue weighted by atomic mass is 35.5. The second kappa shape index (κ2) is 8.08. The molecule has 12 heavy (non-hydrogen) atoms. The van der Waals surface area contributed by atoms with Crippen LogP contribution in [0.4, 0.5) is 0 Å². The molecule has 0 aromatic rings. The molecule has 76 valence electrons. The molecule has 0 aromatic carbocycles. The van der Waals surface area contributed by atoms with Crippen molar-refractivity contribution in [1.29, 1.82) is 0 Å². The molecule has 0 amide bonds. The van der Waals surface area contributed by atoms with Gasteiger partial charge in [-0.25, -0.2) is 0 Å². The molecule has 0 spiro atoms. The number of nitrogens with one attached hydrogen (secondary N) is 1. The summed E-state index contributed by atoms with van der Waals surface area (Å²) in [6.45, 7) is 4.30. The fourth-order valence-electron chi connectivity index (χ4n) is 1.16. The van der Waals surface area contributed by atoms with Crippen LogP contribution in [0.1, 0.15) is 0 Å². The number of nitrogens with zero attached hydrogens (tertiary/aromatic N) is 1. The number of rotatable bonds is 4. The van der Waals surface area contributed by atoms with Crippen molar-refractivity contribution in [3.63, 3.8) is 0 Å². The Morgan fingerprint density at radius 3 is 2.42 bits per heavy atom. The lowest BCUT2D eigenvalue weighted by Gasteiger charge is -2.38. The molecule has 0 aromatic heterocycles. The van der Waals surface area contributed by atoms with Crippen LogP contribution >= 0.6 is 24.8 Å². The zero-order valence-corrected chi connectivity index (χ0v) is 9.21. The molecule has 0 atom stereocenters. The average Bonchev–Trinajstić information content (AvgIpc) is 1.86. The van der Waals surface area contributed by atoms with Crippen molar-refractivity contribution in [2.75, 3.05) is 40.4 Å². The number of hydrogen-bond acceptors (Lipinski definition) is 3. The molecule has 0 aliphatic carbocycles. The largest absolute Gasteiger partial charge is 0.383 e. The molecule has 1 heterocycles. The zero-order chi connectivity index (χ0) is 7.40. The van der Waals surface area contributed by atoms with Crippen molar-refractivity contribution in [2.45, 2.75) is 6.04 Å². The predicted octanol–water partition coefficient (Wildman–Crippen LogP) is 0.380. The van der Waals surface area contributed by atoms with Crippen LogP contribution < -0.4 is 5.32 Å². The van der Waals surface area contributed by atoms with Crippen LogP contribution in [0.25, 0.3) is 0 Å². The summed E-state index contributed by atoms with van der Waals surface area (Å²) in [7, 11) is 3.76.